The Labute approximate surface area is 107 Å². The van der Waals surface area contributed by atoms with Gasteiger partial charge in [-0.1, -0.05) is 13.8 Å². The van der Waals surface area contributed by atoms with Crippen molar-refractivity contribution in [1.29, 1.82) is 0 Å². The van der Waals surface area contributed by atoms with Gasteiger partial charge in [-0.25, -0.2) is 0 Å². The number of hydrogen-bond acceptors (Lipinski definition) is 3. The number of carbonyl (C=O) groups is 1. The number of nitrogens with zero attached hydrogens (tertiary/aromatic N) is 2. The molecule has 0 aliphatic carbocycles. The fourth-order valence-corrected chi connectivity index (χ4v) is 1.49. The van der Waals surface area contributed by atoms with Gasteiger partial charge in [-0.05, 0) is 25.8 Å². The van der Waals surface area contributed by atoms with Crippen molar-refractivity contribution in [2.45, 2.75) is 39.0 Å². The van der Waals surface area contributed by atoms with Crippen LogP contribution in [0.15, 0.2) is 6.07 Å². The standard InChI is InChI=1S/C12H18ClN3O/c1-4-9(13)7-14-12(17)10-6-8(3)15-16-11(10)5-2/h6,9H,4-5,7H2,1-3H3,(H,14,17). The maximum absolute atomic E-state index is 12.0. The fourth-order valence-electron chi connectivity index (χ4n) is 1.41. The van der Waals surface area contributed by atoms with Crippen molar-refractivity contribution in [3.8, 4) is 0 Å². The van der Waals surface area contributed by atoms with Gasteiger partial charge in [0.2, 0.25) is 0 Å². The predicted molar refractivity (Wildman–Crippen MR) is 68.4 cm³/mol. The van der Waals surface area contributed by atoms with Crippen molar-refractivity contribution >= 4 is 17.5 Å². The van der Waals surface area contributed by atoms with Crippen molar-refractivity contribution in [2.24, 2.45) is 0 Å². The second-order valence-electron chi connectivity index (χ2n) is 3.92. The summed E-state index contributed by atoms with van der Waals surface area (Å²) in [4.78, 5) is 12.0. The van der Waals surface area contributed by atoms with Crippen LogP contribution < -0.4 is 5.32 Å². The van der Waals surface area contributed by atoms with E-state index in [9.17, 15) is 4.79 Å². The van der Waals surface area contributed by atoms with Crippen LogP contribution >= 0.6 is 11.6 Å². The third kappa shape index (κ3) is 3.97. The van der Waals surface area contributed by atoms with E-state index in [4.69, 9.17) is 11.6 Å². The normalized spacial score (nSPS) is 12.2. The molecule has 0 radical (unpaired) electrons. The molecular weight excluding hydrogens is 238 g/mol. The molecule has 1 heterocycles. The first-order chi connectivity index (χ1) is 8.08. The largest absolute Gasteiger partial charge is 0.350 e. The van der Waals surface area contributed by atoms with Gasteiger partial charge in [0.05, 0.1) is 22.3 Å². The van der Waals surface area contributed by atoms with E-state index in [1.165, 1.54) is 0 Å². The second kappa shape index (κ2) is 6.55. The van der Waals surface area contributed by atoms with Crippen LogP contribution in [-0.2, 0) is 6.42 Å². The van der Waals surface area contributed by atoms with Crippen LogP contribution in [0.5, 0.6) is 0 Å². The highest BCUT2D eigenvalue weighted by Gasteiger charge is 2.13. The summed E-state index contributed by atoms with van der Waals surface area (Å²) in [7, 11) is 0. The molecular formula is C12H18ClN3O. The van der Waals surface area contributed by atoms with E-state index in [1.807, 2.05) is 20.8 Å². The average molecular weight is 256 g/mol. The molecule has 1 aromatic heterocycles. The molecule has 0 aromatic carbocycles. The molecule has 0 bridgehead atoms. The molecule has 0 saturated heterocycles. The number of halogens is 1. The Bertz CT molecular complexity index is 395. The highest BCUT2D eigenvalue weighted by molar-refractivity contribution is 6.20. The lowest BCUT2D eigenvalue weighted by Gasteiger charge is -2.10. The summed E-state index contributed by atoms with van der Waals surface area (Å²) in [5, 5.41) is 10.8. The lowest BCUT2D eigenvalue weighted by atomic mass is 10.1. The van der Waals surface area contributed by atoms with E-state index < -0.39 is 0 Å². The summed E-state index contributed by atoms with van der Waals surface area (Å²) in [6.45, 7) is 6.23. The Hall–Kier alpha value is -1.16. The van der Waals surface area contributed by atoms with Gasteiger partial charge in [0.25, 0.3) is 5.91 Å². The molecule has 94 valence electrons. The lowest BCUT2D eigenvalue weighted by Crippen LogP contribution is -2.30. The van der Waals surface area contributed by atoms with Gasteiger partial charge in [-0.15, -0.1) is 11.6 Å². The van der Waals surface area contributed by atoms with E-state index in [1.54, 1.807) is 6.07 Å². The molecule has 1 atom stereocenters. The molecule has 1 rings (SSSR count). The van der Waals surface area contributed by atoms with E-state index in [2.05, 4.69) is 15.5 Å². The fraction of sp³-hybridized carbons (Fsp3) is 0.583. The number of aryl methyl sites for hydroxylation is 2. The van der Waals surface area contributed by atoms with E-state index in [-0.39, 0.29) is 11.3 Å². The summed E-state index contributed by atoms with van der Waals surface area (Å²) >= 11 is 5.96. The first-order valence-corrected chi connectivity index (χ1v) is 6.27. The number of amides is 1. The SMILES string of the molecule is CCc1nnc(C)cc1C(=O)NCC(Cl)CC. The molecule has 5 heteroatoms. The lowest BCUT2D eigenvalue weighted by molar-refractivity contribution is 0.0951. The Morgan fingerprint density at radius 2 is 2.18 bits per heavy atom. The molecule has 0 spiro atoms. The molecule has 0 aliphatic rings. The molecule has 1 N–H and O–H groups in total. The van der Waals surface area contributed by atoms with E-state index in [0.717, 1.165) is 17.8 Å². The van der Waals surface area contributed by atoms with Gasteiger partial charge in [0.1, 0.15) is 0 Å². The number of rotatable bonds is 5. The van der Waals surface area contributed by atoms with Crippen LogP contribution in [0.25, 0.3) is 0 Å². The Morgan fingerprint density at radius 3 is 2.76 bits per heavy atom. The molecule has 0 saturated carbocycles. The first kappa shape index (κ1) is 13.9. The summed E-state index contributed by atoms with van der Waals surface area (Å²) in [6, 6.07) is 1.76. The topological polar surface area (TPSA) is 54.9 Å². The number of carbonyl (C=O) groups excluding carboxylic acids is 1. The van der Waals surface area contributed by atoms with Gasteiger partial charge < -0.3 is 5.32 Å². The van der Waals surface area contributed by atoms with Crippen LogP contribution in [0.4, 0.5) is 0 Å². The monoisotopic (exact) mass is 255 g/mol. The molecule has 1 amide bonds. The number of alkyl halides is 1. The maximum atomic E-state index is 12.0. The molecule has 1 unspecified atom stereocenters. The third-order valence-electron chi connectivity index (χ3n) is 2.50. The van der Waals surface area contributed by atoms with Crippen molar-refractivity contribution < 1.29 is 4.79 Å². The quantitative estimate of drug-likeness (QED) is 0.820. The van der Waals surface area contributed by atoms with Gasteiger partial charge in [0, 0.05) is 6.54 Å². The van der Waals surface area contributed by atoms with Gasteiger partial charge in [0.15, 0.2) is 0 Å². The summed E-state index contributed by atoms with van der Waals surface area (Å²) in [5.74, 6) is -0.126. The van der Waals surface area contributed by atoms with Gasteiger partial charge in [-0.3, -0.25) is 4.79 Å². The molecule has 0 fully saturated rings. The zero-order valence-electron chi connectivity index (χ0n) is 10.5. The number of aromatic nitrogens is 2. The zero-order valence-corrected chi connectivity index (χ0v) is 11.2. The third-order valence-corrected chi connectivity index (χ3v) is 2.96. The highest BCUT2D eigenvalue weighted by atomic mass is 35.5. The smallest absolute Gasteiger partial charge is 0.253 e. The minimum Gasteiger partial charge on any atom is -0.350 e. The van der Waals surface area contributed by atoms with Crippen molar-refractivity contribution in [3.05, 3.63) is 23.0 Å². The Balaban J connectivity index is 2.77. The van der Waals surface area contributed by atoms with Crippen LogP contribution in [0.2, 0.25) is 0 Å². The molecule has 4 nitrogen and oxygen atoms in total. The zero-order chi connectivity index (χ0) is 12.8. The van der Waals surface area contributed by atoms with Gasteiger partial charge in [-0.2, -0.15) is 10.2 Å². The molecule has 17 heavy (non-hydrogen) atoms. The first-order valence-electron chi connectivity index (χ1n) is 5.83. The Morgan fingerprint density at radius 1 is 1.47 bits per heavy atom. The van der Waals surface area contributed by atoms with Crippen LogP contribution in [0.1, 0.15) is 42.0 Å². The maximum Gasteiger partial charge on any atom is 0.253 e. The van der Waals surface area contributed by atoms with Crippen molar-refractivity contribution in [3.63, 3.8) is 0 Å². The van der Waals surface area contributed by atoms with Crippen LogP contribution in [-0.4, -0.2) is 28.0 Å². The number of nitrogens with one attached hydrogen (secondary N) is 1. The molecule has 0 aliphatic heterocycles. The highest BCUT2D eigenvalue weighted by Crippen LogP contribution is 2.08. The summed E-state index contributed by atoms with van der Waals surface area (Å²) < 4.78 is 0. The average Bonchev–Trinajstić information content (AvgIpc) is 2.35. The predicted octanol–water partition coefficient (Wildman–Crippen LogP) is 2.09. The van der Waals surface area contributed by atoms with Crippen molar-refractivity contribution in [2.75, 3.05) is 6.54 Å². The summed E-state index contributed by atoms with van der Waals surface area (Å²) in [6.07, 6.45) is 1.52. The van der Waals surface area contributed by atoms with Crippen molar-refractivity contribution in [1.82, 2.24) is 15.5 Å². The van der Waals surface area contributed by atoms with E-state index >= 15 is 0 Å². The van der Waals surface area contributed by atoms with Crippen LogP contribution in [0.3, 0.4) is 0 Å². The van der Waals surface area contributed by atoms with Gasteiger partial charge >= 0.3 is 0 Å². The van der Waals surface area contributed by atoms with E-state index in [0.29, 0.717) is 18.5 Å². The second-order valence-corrected chi connectivity index (χ2v) is 4.53. The minimum atomic E-state index is -0.126. The summed E-state index contributed by atoms with van der Waals surface area (Å²) in [5.41, 5.74) is 2.06. The molecule has 1 aromatic rings. The number of hydrogen-bond donors (Lipinski definition) is 1. The van der Waals surface area contributed by atoms with Crippen LogP contribution in [0, 0.1) is 6.92 Å². The Kier molecular flexibility index (Phi) is 5.35. The minimum absolute atomic E-state index is 0.0279.